The molecule has 1 fully saturated rings. The highest BCUT2D eigenvalue weighted by Crippen LogP contribution is 2.15. The van der Waals surface area contributed by atoms with E-state index in [1.165, 1.54) is 20.3 Å². The van der Waals surface area contributed by atoms with Crippen LogP contribution in [-0.2, 0) is 4.79 Å². The maximum absolute atomic E-state index is 9.44. The minimum atomic E-state index is -0.219. The average molecular weight is 214 g/mol. The molecule has 1 saturated carbocycles. The van der Waals surface area contributed by atoms with Gasteiger partial charge in [0.2, 0.25) is 0 Å². The summed E-state index contributed by atoms with van der Waals surface area (Å²) in [6.45, 7) is 7.06. The SMILES string of the molecule is CC.CC(C)=O.NC1CCCCC1O.[B]. The number of carbonyl (C=O) groups excluding carboxylic acids is 1. The van der Waals surface area contributed by atoms with Gasteiger partial charge < -0.3 is 15.6 Å². The summed E-state index contributed by atoms with van der Waals surface area (Å²) in [5, 5.41) is 9.05. The molecule has 0 aromatic carbocycles. The van der Waals surface area contributed by atoms with E-state index in [-0.39, 0.29) is 26.3 Å². The Morgan fingerprint density at radius 2 is 1.53 bits per heavy atom. The Kier molecular flexibility index (Phi) is 18.3. The van der Waals surface area contributed by atoms with Gasteiger partial charge in [0.1, 0.15) is 5.78 Å². The van der Waals surface area contributed by atoms with Crippen molar-refractivity contribution in [3.8, 4) is 0 Å². The molecule has 0 aromatic heterocycles. The lowest BCUT2D eigenvalue weighted by Gasteiger charge is -2.23. The summed E-state index contributed by atoms with van der Waals surface area (Å²) in [7, 11) is 0. The lowest BCUT2D eigenvalue weighted by Crippen LogP contribution is -2.37. The van der Waals surface area contributed by atoms with Crippen LogP contribution in [0, 0.1) is 0 Å². The van der Waals surface area contributed by atoms with Crippen LogP contribution in [0.1, 0.15) is 53.4 Å². The summed E-state index contributed by atoms with van der Waals surface area (Å²) in [6, 6.07) is 0.0590. The molecule has 0 spiro atoms. The predicted octanol–water partition coefficient (Wildman–Crippen LogP) is 1.49. The molecule has 1 rings (SSSR count). The highest BCUT2D eigenvalue weighted by molar-refractivity contribution is 5.75. The lowest BCUT2D eigenvalue weighted by atomic mass is 9.94. The molecule has 3 nitrogen and oxygen atoms in total. The number of aliphatic hydroxyl groups excluding tert-OH is 1. The van der Waals surface area contributed by atoms with Crippen LogP contribution in [-0.4, -0.2) is 31.4 Å². The number of carbonyl (C=O) groups is 1. The minimum Gasteiger partial charge on any atom is -0.392 e. The van der Waals surface area contributed by atoms with E-state index in [1.54, 1.807) is 0 Å². The van der Waals surface area contributed by atoms with Crippen molar-refractivity contribution in [2.24, 2.45) is 5.73 Å². The van der Waals surface area contributed by atoms with Crippen LogP contribution >= 0.6 is 0 Å². The molecule has 3 radical (unpaired) electrons. The van der Waals surface area contributed by atoms with Gasteiger partial charge in [0, 0.05) is 14.5 Å². The number of hydrogen-bond acceptors (Lipinski definition) is 3. The second-order valence-corrected chi connectivity index (χ2v) is 3.42. The molecule has 15 heavy (non-hydrogen) atoms. The van der Waals surface area contributed by atoms with Crippen molar-refractivity contribution < 1.29 is 9.90 Å². The summed E-state index contributed by atoms with van der Waals surface area (Å²) in [5.74, 6) is 0.167. The molecule has 2 unspecified atom stereocenters. The molecule has 1 aliphatic carbocycles. The molecule has 3 N–H and O–H groups in total. The van der Waals surface area contributed by atoms with Gasteiger partial charge in [-0.1, -0.05) is 26.7 Å². The quantitative estimate of drug-likeness (QED) is 0.600. The van der Waals surface area contributed by atoms with E-state index in [9.17, 15) is 4.79 Å². The van der Waals surface area contributed by atoms with Crippen molar-refractivity contribution in [3.05, 3.63) is 0 Å². The van der Waals surface area contributed by atoms with E-state index in [4.69, 9.17) is 10.8 Å². The van der Waals surface area contributed by atoms with Gasteiger partial charge in [0.25, 0.3) is 0 Å². The van der Waals surface area contributed by atoms with Gasteiger partial charge in [-0.15, -0.1) is 0 Å². The molecule has 0 amide bonds. The van der Waals surface area contributed by atoms with Crippen molar-refractivity contribution in [1.82, 2.24) is 0 Å². The topological polar surface area (TPSA) is 63.3 Å². The van der Waals surface area contributed by atoms with Gasteiger partial charge in [-0.3, -0.25) is 0 Å². The maximum atomic E-state index is 9.44. The molecule has 0 bridgehead atoms. The zero-order valence-corrected chi connectivity index (χ0v) is 10.5. The normalized spacial score (nSPS) is 23.3. The van der Waals surface area contributed by atoms with Gasteiger partial charge in [0.15, 0.2) is 0 Å². The van der Waals surface area contributed by atoms with E-state index in [1.807, 2.05) is 13.8 Å². The molecule has 2 atom stereocenters. The Hall–Kier alpha value is -0.345. The molecule has 4 heteroatoms. The Balaban J connectivity index is -0.000000179. The first-order valence-electron chi connectivity index (χ1n) is 5.45. The van der Waals surface area contributed by atoms with E-state index in [0.717, 1.165) is 19.3 Å². The fourth-order valence-electron chi connectivity index (χ4n) is 1.14. The number of hydrogen-bond donors (Lipinski definition) is 2. The van der Waals surface area contributed by atoms with Crippen LogP contribution in [0.15, 0.2) is 0 Å². The molecular formula is C11H25BNO2. The molecule has 0 aliphatic heterocycles. The number of Topliss-reactive ketones (excluding diaryl/α,β-unsaturated/α-hetero) is 1. The van der Waals surface area contributed by atoms with Crippen LogP contribution in [0.25, 0.3) is 0 Å². The van der Waals surface area contributed by atoms with Crippen LogP contribution in [0.4, 0.5) is 0 Å². The summed E-state index contributed by atoms with van der Waals surface area (Å²) >= 11 is 0. The van der Waals surface area contributed by atoms with E-state index in [2.05, 4.69) is 0 Å². The van der Waals surface area contributed by atoms with E-state index in [0.29, 0.717) is 0 Å². The third kappa shape index (κ3) is 16.3. The number of rotatable bonds is 0. The minimum absolute atomic E-state index is 0. The van der Waals surface area contributed by atoms with E-state index < -0.39 is 0 Å². The second-order valence-electron chi connectivity index (χ2n) is 3.42. The van der Waals surface area contributed by atoms with Gasteiger partial charge in [-0.2, -0.15) is 0 Å². The molecule has 89 valence electrons. The molecule has 1 aliphatic rings. The standard InChI is InChI=1S/C6H13NO.C3H6O.C2H6.B/c7-5-3-1-2-4-6(5)8;1-3(2)4;1-2;/h5-6,8H,1-4,7H2;1-2H3;1-2H3;. The van der Waals surface area contributed by atoms with Crippen molar-refractivity contribution in [1.29, 1.82) is 0 Å². The van der Waals surface area contributed by atoms with Crippen LogP contribution in [0.2, 0.25) is 0 Å². The van der Waals surface area contributed by atoms with Crippen molar-refractivity contribution in [3.63, 3.8) is 0 Å². The summed E-state index contributed by atoms with van der Waals surface area (Å²) in [5.41, 5.74) is 5.53. The Labute approximate surface area is 96.0 Å². The summed E-state index contributed by atoms with van der Waals surface area (Å²) < 4.78 is 0. The third-order valence-corrected chi connectivity index (χ3v) is 1.78. The Bertz CT molecular complexity index is 129. The first-order chi connectivity index (χ1) is 6.54. The zero-order chi connectivity index (χ0) is 11.6. The van der Waals surface area contributed by atoms with Crippen molar-refractivity contribution >= 4 is 14.2 Å². The number of aliphatic hydroxyl groups is 1. The van der Waals surface area contributed by atoms with Crippen LogP contribution in [0.3, 0.4) is 0 Å². The largest absolute Gasteiger partial charge is 0.392 e. The van der Waals surface area contributed by atoms with Gasteiger partial charge in [0.05, 0.1) is 6.10 Å². The first-order valence-corrected chi connectivity index (χ1v) is 5.45. The van der Waals surface area contributed by atoms with Crippen molar-refractivity contribution in [2.75, 3.05) is 0 Å². The second kappa shape index (κ2) is 13.7. The summed E-state index contributed by atoms with van der Waals surface area (Å²) in [4.78, 5) is 9.44. The first kappa shape index (κ1) is 20.1. The molecular weight excluding hydrogens is 189 g/mol. The molecule has 0 heterocycles. The average Bonchev–Trinajstić information content (AvgIpc) is 2.13. The van der Waals surface area contributed by atoms with Gasteiger partial charge in [-0.05, 0) is 26.7 Å². The van der Waals surface area contributed by atoms with Gasteiger partial charge >= 0.3 is 0 Å². The molecule has 0 aromatic rings. The smallest absolute Gasteiger partial charge is 0.126 e. The van der Waals surface area contributed by atoms with Crippen LogP contribution in [0.5, 0.6) is 0 Å². The number of ketones is 1. The highest BCUT2D eigenvalue weighted by atomic mass is 16.3. The third-order valence-electron chi connectivity index (χ3n) is 1.78. The summed E-state index contributed by atoms with van der Waals surface area (Å²) in [6.07, 6.45) is 4.03. The van der Waals surface area contributed by atoms with Crippen LogP contribution < -0.4 is 5.73 Å². The Morgan fingerprint density at radius 3 is 1.73 bits per heavy atom. The van der Waals surface area contributed by atoms with Gasteiger partial charge in [-0.25, -0.2) is 0 Å². The fourth-order valence-corrected chi connectivity index (χ4v) is 1.14. The zero-order valence-electron chi connectivity index (χ0n) is 10.5. The number of nitrogens with two attached hydrogens (primary N) is 1. The fraction of sp³-hybridized carbons (Fsp3) is 0.909. The Morgan fingerprint density at radius 1 is 1.20 bits per heavy atom. The van der Waals surface area contributed by atoms with E-state index >= 15 is 0 Å². The predicted molar refractivity (Wildman–Crippen MR) is 65.9 cm³/mol. The highest BCUT2D eigenvalue weighted by Gasteiger charge is 2.17. The lowest BCUT2D eigenvalue weighted by molar-refractivity contribution is -0.114. The monoisotopic (exact) mass is 214 g/mol. The molecule has 0 saturated heterocycles. The maximum Gasteiger partial charge on any atom is 0.126 e. The van der Waals surface area contributed by atoms with Crippen molar-refractivity contribution in [2.45, 2.75) is 65.5 Å².